The van der Waals surface area contributed by atoms with Gasteiger partial charge in [-0.1, -0.05) is 4.98 Å². The number of hydrogen-bond acceptors (Lipinski definition) is 2. The third-order valence-electron chi connectivity index (χ3n) is 1.42. The van der Waals surface area contributed by atoms with Crippen molar-refractivity contribution in [1.82, 2.24) is 4.98 Å². The molecule has 0 bridgehead atoms. The highest BCUT2D eigenvalue weighted by Gasteiger charge is 2.06. The van der Waals surface area contributed by atoms with Gasteiger partial charge in [-0.2, -0.15) is 0 Å². The molecule has 0 aliphatic heterocycles. The zero-order valence-electron chi connectivity index (χ0n) is 6.31. The highest BCUT2D eigenvalue weighted by Crippen LogP contribution is 2.04. The van der Waals surface area contributed by atoms with Gasteiger partial charge in [0.05, 0.1) is 12.7 Å². The Kier molecular flexibility index (Phi) is 4.02. The van der Waals surface area contributed by atoms with Crippen molar-refractivity contribution in [3.05, 3.63) is 16.9 Å². The summed E-state index contributed by atoms with van der Waals surface area (Å²) in [6, 6.07) is 1.76. The monoisotopic (exact) mass is 285 g/mol. The number of aryl methyl sites for hydroxylation is 1. The Morgan fingerprint density at radius 1 is 1.64 bits per heavy atom. The van der Waals surface area contributed by atoms with Crippen molar-refractivity contribution in [3.63, 3.8) is 0 Å². The average Bonchev–Trinajstić information content (AvgIpc) is 1.82. The Bertz CT molecular complexity index is 241. The van der Waals surface area contributed by atoms with Crippen LogP contribution in [0.1, 0.15) is 5.69 Å². The van der Waals surface area contributed by atoms with Gasteiger partial charge in [-0.3, -0.25) is 5.73 Å². The van der Waals surface area contributed by atoms with Crippen molar-refractivity contribution >= 4 is 17.5 Å². The van der Waals surface area contributed by atoms with E-state index >= 15 is 0 Å². The summed E-state index contributed by atoms with van der Waals surface area (Å²) in [5, 5.41) is 0.438. The van der Waals surface area contributed by atoms with E-state index in [-0.39, 0.29) is 24.0 Å². The summed E-state index contributed by atoms with van der Waals surface area (Å²) < 4.78 is 1.77. The molecule has 0 unspecified atom stereocenters. The average molecular weight is 286 g/mol. The van der Waals surface area contributed by atoms with Crippen LogP contribution in [0.25, 0.3) is 0 Å². The molecule has 1 aromatic heterocycles. The summed E-state index contributed by atoms with van der Waals surface area (Å²) in [7, 11) is 1.84. The third kappa shape index (κ3) is 2.44. The molecule has 11 heavy (non-hydrogen) atoms. The van der Waals surface area contributed by atoms with Crippen LogP contribution in [0.15, 0.2) is 6.07 Å². The Morgan fingerprint density at radius 3 is 2.64 bits per heavy atom. The van der Waals surface area contributed by atoms with Gasteiger partial charge in [0.25, 0.3) is 0 Å². The number of aromatic nitrogens is 2. The molecular weight excluding hydrogens is 276 g/mol. The highest BCUT2D eigenvalue weighted by molar-refractivity contribution is 6.29. The van der Waals surface area contributed by atoms with Crippen molar-refractivity contribution in [3.8, 4) is 0 Å². The van der Waals surface area contributed by atoms with Crippen molar-refractivity contribution in [2.75, 3.05) is 5.73 Å². The Morgan fingerprint density at radius 2 is 2.18 bits per heavy atom. The Balaban J connectivity index is 0.000001000. The summed E-state index contributed by atoms with van der Waals surface area (Å²) in [5.74, 6) is 0.435. The Labute approximate surface area is 87.6 Å². The summed E-state index contributed by atoms with van der Waals surface area (Å²) in [5.41, 5.74) is 6.49. The van der Waals surface area contributed by atoms with Crippen LogP contribution in [-0.4, -0.2) is 4.98 Å². The van der Waals surface area contributed by atoms with Gasteiger partial charge in [-0.25, -0.2) is 4.57 Å². The summed E-state index contributed by atoms with van der Waals surface area (Å²) >= 11 is 5.62. The Hall–Kier alpha value is -0.100. The first-order chi connectivity index (χ1) is 4.61. The molecule has 1 rings (SSSR count). The van der Waals surface area contributed by atoms with Crippen LogP contribution in [0, 0.1) is 6.92 Å². The largest absolute Gasteiger partial charge is 1.00 e. The van der Waals surface area contributed by atoms with Crippen molar-refractivity contribution < 1.29 is 28.5 Å². The van der Waals surface area contributed by atoms with Gasteiger partial charge in [-0.05, 0) is 18.5 Å². The molecule has 0 amide bonds. The quantitative estimate of drug-likeness (QED) is 0.324. The second-order valence-electron chi connectivity index (χ2n) is 2.14. The maximum absolute atomic E-state index is 5.62. The smallest absolute Gasteiger partial charge is 0.390 e. The van der Waals surface area contributed by atoms with Crippen LogP contribution >= 0.6 is 11.6 Å². The van der Waals surface area contributed by atoms with Crippen molar-refractivity contribution in [2.45, 2.75) is 6.92 Å². The van der Waals surface area contributed by atoms with Crippen LogP contribution < -0.4 is 34.3 Å². The van der Waals surface area contributed by atoms with Crippen LogP contribution in [0.2, 0.25) is 5.15 Å². The minimum Gasteiger partial charge on any atom is -1.00 e. The number of anilines is 1. The normalized spacial score (nSPS) is 9.00. The molecule has 62 valence electrons. The van der Waals surface area contributed by atoms with Gasteiger partial charge in [0.15, 0.2) is 0 Å². The predicted octanol–water partition coefficient (Wildman–Crippen LogP) is -2.55. The number of hydrogen-bond donors (Lipinski definition) is 1. The van der Waals surface area contributed by atoms with Gasteiger partial charge in [-0.15, -0.1) is 0 Å². The second-order valence-corrected chi connectivity index (χ2v) is 2.52. The van der Waals surface area contributed by atoms with Gasteiger partial charge >= 0.3 is 5.95 Å². The van der Waals surface area contributed by atoms with Crippen LogP contribution in [0.4, 0.5) is 5.95 Å². The molecule has 1 heterocycles. The van der Waals surface area contributed by atoms with Crippen LogP contribution in [0.5, 0.6) is 0 Å². The molecular formula is C6H9ClIN3. The number of nitrogens with zero attached hydrogens (tertiary/aromatic N) is 2. The maximum Gasteiger partial charge on any atom is 0.390 e. The van der Waals surface area contributed by atoms with E-state index < -0.39 is 0 Å². The SMILES string of the molecule is Cc1cc(Cl)nc(N)[n+]1C.[I-]. The summed E-state index contributed by atoms with van der Waals surface area (Å²) in [4.78, 5) is 3.84. The molecule has 0 radical (unpaired) electrons. The number of nitrogen functional groups attached to an aromatic ring is 1. The lowest BCUT2D eigenvalue weighted by Crippen LogP contribution is -3.00. The van der Waals surface area contributed by atoms with E-state index in [0.717, 1.165) is 5.69 Å². The van der Waals surface area contributed by atoms with E-state index in [0.29, 0.717) is 11.1 Å². The van der Waals surface area contributed by atoms with Gasteiger partial charge in [0.2, 0.25) is 5.15 Å². The summed E-state index contributed by atoms with van der Waals surface area (Å²) in [6.07, 6.45) is 0. The first-order valence-electron chi connectivity index (χ1n) is 2.90. The maximum atomic E-state index is 5.62. The van der Waals surface area contributed by atoms with Crippen LogP contribution in [-0.2, 0) is 7.05 Å². The van der Waals surface area contributed by atoms with Gasteiger partial charge in [0.1, 0.15) is 0 Å². The molecule has 2 N–H and O–H groups in total. The van der Waals surface area contributed by atoms with E-state index in [2.05, 4.69) is 4.98 Å². The third-order valence-corrected chi connectivity index (χ3v) is 1.62. The molecule has 0 aromatic carbocycles. The first kappa shape index (κ1) is 10.9. The lowest BCUT2D eigenvalue weighted by molar-refractivity contribution is -0.665. The van der Waals surface area contributed by atoms with Gasteiger partial charge < -0.3 is 24.0 Å². The molecule has 1 aromatic rings. The standard InChI is InChI=1S/C6H8ClN3.HI/c1-4-3-5(7)9-6(8)10(4)2;/h3,8H,1-2H3;1H. The fourth-order valence-electron chi connectivity index (χ4n) is 0.667. The molecule has 0 aliphatic rings. The molecule has 3 nitrogen and oxygen atoms in total. The predicted molar refractivity (Wildman–Crippen MR) is 39.6 cm³/mol. The molecule has 0 saturated carbocycles. The molecule has 0 fully saturated rings. The fraction of sp³-hybridized carbons (Fsp3) is 0.333. The topological polar surface area (TPSA) is 42.8 Å². The molecule has 0 atom stereocenters. The van der Waals surface area contributed by atoms with Crippen molar-refractivity contribution in [2.24, 2.45) is 7.05 Å². The minimum absolute atomic E-state index is 0. The van der Waals surface area contributed by atoms with Crippen molar-refractivity contribution in [1.29, 1.82) is 0 Å². The zero-order chi connectivity index (χ0) is 7.72. The van der Waals surface area contributed by atoms with E-state index in [1.165, 1.54) is 0 Å². The molecule has 0 aliphatic carbocycles. The molecule has 5 heteroatoms. The lowest BCUT2D eigenvalue weighted by Gasteiger charge is -1.97. The highest BCUT2D eigenvalue weighted by atomic mass is 127. The lowest BCUT2D eigenvalue weighted by atomic mass is 10.4. The van der Waals surface area contributed by atoms with E-state index in [1.807, 2.05) is 14.0 Å². The first-order valence-corrected chi connectivity index (χ1v) is 3.27. The minimum atomic E-state index is 0. The van der Waals surface area contributed by atoms with Gasteiger partial charge in [0, 0.05) is 6.07 Å². The summed E-state index contributed by atoms with van der Waals surface area (Å²) in [6.45, 7) is 1.92. The van der Waals surface area contributed by atoms with E-state index in [1.54, 1.807) is 10.6 Å². The number of rotatable bonds is 0. The molecule has 0 spiro atoms. The van der Waals surface area contributed by atoms with Crippen LogP contribution in [0.3, 0.4) is 0 Å². The number of nitrogens with two attached hydrogens (primary N) is 1. The zero-order valence-corrected chi connectivity index (χ0v) is 9.22. The number of halogens is 2. The molecule has 0 saturated heterocycles. The van der Waals surface area contributed by atoms with E-state index in [4.69, 9.17) is 17.3 Å². The fourth-order valence-corrected chi connectivity index (χ4v) is 0.911. The van der Waals surface area contributed by atoms with E-state index in [9.17, 15) is 0 Å². The second kappa shape index (κ2) is 4.06.